The number of aromatic carboxylic acids is 1. The Bertz CT molecular complexity index is 570. The summed E-state index contributed by atoms with van der Waals surface area (Å²) in [5.74, 6) is -1.76. The molecule has 1 aromatic rings. The summed E-state index contributed by atoms with van der Waals surface area (Å²) in [7, 11) is 0. The van der Waals surface area contributed by atoms with Crippen molar-refractivity contribution < 1.29 is 34.0 Å². The third-order valence-corrected chi connectivity index (χ3v) is 3.59. The predicted molar refractivity (Wildman–Crippen MR) is 68.1 cm³/mol. The number of aliphatic hydroxyl groups excluding tert-OH is 1. The molecule has 2 aliphatic heterocycles. The van der Waals surface area contributed by atoms with E-state index in [9.17, 15) is 14.7 Å². The maximum absolute atomic E-state index is 12.1. The number of ether oxygens (including phenoxy) is 3. The first-order valence-electron chi connectivity index (χ1n) is 6.52. The molecule has 2 heterocycles. The number of carbonyl (C=O) groups excluding carboxylic acids is 1. The van der Waals surface area contributed by atoms with Crippen molar-refractivity contribution in [3.63, 3.8) is 0 Å². The van der Waals surface area contributed by atoms with E-state index in [0.717, 1.165) is 0 Å². The fourth-order valence-corrected chi connectivity index (χ4v) is 2.53. The molecule has 0 aromatic heterocycles. The van der Waals surface area contributed by atoms with Crippen molar-refractivity contribution in [2.45, 2.75) is 24.4 Å². The Morgan fingerprint density at radius 3 is 2.62 bits per heavy atom. The molecule has 4 unspecified atom stereocenters. The van der Waals surface area contributed by atoms with Crippen molar-refractivity contribution in [3.05, 3.63) is 35.4 Å². The Balaban J connectivity index is 1.69. The first-order chi connectivity index (χ1) is 10.1. The summed E-state index contributed by atoms with van der Waals surface area (Å²) in [6, 6.07) is 5.60. The average molecular weight is 294 g/mol. The van der Waals surface area contributed by atoms with Crippen LogP contribution in [0.25, 0.3) is 0 Å². The number of carboxylic acid groups (broad SMARTS) is 1. The standard InChI is InChI=1S/C14H14O7/c15-9-5-19-12-10(6-20-11(9)12)21-14(18)8-3-1-2-7(4-8)13(16)17/h1-4,9-12,15H,5-6H2,(H,16,17). The summed E-state index contributed by atoms with van der Waals surface area (Å²) < 4.78 is 16.0. The molecule has 2 fully saturated rings. The van der Waals surface area contributed by atoms with Gasteiger partial charge in [0.1, 0.15) is 18.3 Å². The van der Waals surface area contributed by atoms with E-state index in [2.05, 4.69) is 0 Å². The van der Waals surface area contributed by atoms with Gasteiger partial charge in [-0.2, -0.15) is 0 Å². The number of esters is 1. The summed E-state index contributed by atoms with van der Waals surface area (Å²) in [6.45, 7) is 0.300. The van der Waals surface area contributed by atoms with Gasteiger partial charge in [0, 0.05) is 0 Å². The highest BCUT2D eigenvalue weighted by molar-refractivity contribution is 5.94. The van der Waals surface area contributed by atoms with Crippen molar-refractivity contribution in [2.75, 3.05) is 13.2 Å². The molecule has 112 valence electrons. The summed E-state index contributed by atoms with van der Waals surface area (Å²) in [4.78, 5) is 22.9. The highest BCUT2D eigenvalue weighted by Crippen LogP contribution is 2.29. The first kappa shape index (κ1) is 14.0. The van der Waals surface area contributed by atoms with Gasteiger partial charge in [-0.3, -0.25) is 0 Å². The van der Waals surface area contributed by atoms with E-state index in [1.807, 2.05) is 0 Å². The Labute approximate surface area is 120 Å². The van der Waals surface area contributed by atoms with Gasteiger partial charge in [-0.25, -0.2) is 9.59 Å². The summed E-state index contributed by atoms with van der Waals surface area (Å²) in [5.41, 5.74) is 0.162. The number of rotatable bonds is 3. The minimum Gasteiger partial charge on any atom is -0.478 e. The molecule has 0 radical (unpaired) electrons. The third kappa shape index (κ3) is 2.63. The average Bonchev–Trinajstić information content (AvgIpc) is 3.03. The fraction of sp³-hybridized carbons (Fsp3) is 0.429. The number of benzene rings is 1. The zero-order valence-electron chi connectivity index (χ0n) is 11.0. The number of carboxylic acids is 1. The van der Waals surface area contributed by atoms with Crippen molar-refractivity contribution in [3.8, 4) is 0 Å². The summed E-state index contributed by atoms with van der Waals surface area (Å²) >= 11 is 0. The highest BCUT2D eigenvalue weighted by atomic mass is 16.6. The fourth-order valence-electron chi connectivity index (χ4n) is 2.53. The topological polar surface area (TPSA) is 102 Å². The van der Waals surface area contributed by atoms with Crippen LogP contribution in [-0.2, 0) is 14.2 Å². The Morgan fingerprint density at radius 1 is 1.14 bits per heavy atom. The minimum atomic E-state index is -1.11. The molecule has 7 heteroatoms. The maximum Gasteiger partial charge on any atom is 0.338 e. The maximum atomic E-state index is 12.1. The number of hydrogen-bond donors (Lipinski definition) is 2. The normalized spacial score (nSPS) is 30.9. The highest BCUT2D eigenvalue weighted by Gasteiger charge is 2.48. The molecule has 0 amide bonds. The van der Waals surface area contributed by atoms with E-state index >= 15 is 0 Å². The second kappa shape index (κ2) is 5.44. The molecular weight excluding hydrogens is 280 g/mol. The molecule has 2 aliphatic rings. The van der Waals surface area contributed by atoms with Crippen LogP contribution in [0.2, 0.25) is 0 Å². The molecule has 0 spiro atoms. The van der Waals surface area contributed by atoms with Crippen LogP contribution in [0.4, 0.5) is 0 Å². The molecule has 21 heavy (non-hydrogen) atoms. The zero-order chi connectivity index (χ0) is 15.0. The lowest BCUT2D eigenvalue weighted by Gasteiger charge is -2.16. The largest absolute Gasteiger partial charge is 0.478 e. The van der Waals surface area contributed by atoms with Crippen LogP contribution in [0.15, 0.2) is 24.3 Å². The van der Waals surface area contributed by atoms with E-state index in [1.54, 1.807) is 0 Å². The minimum absolute atomic E-state index is 0.0116. The second-order valence-corrected chi connectivity index (χ2v) is 4.99. The van der Waals surface area contributed by atoms with E-state index in [4.69, 9.17) is 19.3 Å². The SMILES string of the molecule is O=C(O)c1cccc(C(=O)OC2COC3C(O)COC23)c1. The van der Waals surface area contributed by atoms with E-state index in [1.165, 1.54) is 24.3 Å². The van der Waals surface area contributed by atoms with Crippen LogP contribution >= 0.6 is 0 Å². The smallest absolute Gasteiger partial charge is 0.338 e. The molecular formula is C14H14O7. The van der Waals surface area contributed by atoms with E-state index in [-0.39, 0.29) is 24.3 Å². The molecule has 0 bridgehead atoms. The van der Waals surface area contributed by atoms with Gasteiger partial charge in [-0.15, -0.1) is 0 Å². The third-order valence-electron chi connectivity index (χ3n) is 3.59. The zero-order valence-corrected chi connectivity index (χ0v) is 11.0. The van der Waals surface area contributed by atoms with Gasteiger partial charge < -0.3 is 24.4 Å². The molecule has 2 saturated heterocycles. The lowest BCUT2D eigenvalue weighted by molar-refractivity contribution is -0.0209. The van der Waals surface area contributed by atoms with Gasteiger partial charge in [0.25, 0.3) is 0 Å². The van der Waals surface area contributed by atoms with Crippen LogP contribution in [0.3, 0.4) is 0 Å². The lowest BCUT2D eigenvalue weighted by Crippen LogP contribution is -2.34. The second-order valence-electron chi connectivity index (χ2n) is 4.99. The number of carbonyl (C=O) groups is 2. The van der Waals surface area contributed by atoms with Crippen LogP contribution in [0.1, 0.15) is 20.7 Å². The summed E-state index contributed by atoms with van der Waals surface area (Å²) in [6.07, 6.45) is -2.28. The number of aliphatic hydroxyl groups is 1. The first-order valence-corrected chi connectivity index (χ1v) is 6.52. The Morgan fingerprint density at radius 2 is 1.86 bits per heavy atom. The van der Waals surface area contributed by atoms with Gasteiger partial charge in [0.05, 0.1) is 24.3 Å². The van der Waals surface area contributed by atoms with E-state index < -0.39 is 36.4 Å². The van der Waals surface area contributed by atoms with Crippen molar-refractivity contribution in [2.24, 2.45) is 0 Å². The number of fused-ring (bicyclic) bond motifs is 1. The van der Waals surface area contributed by atoms with Crippen molar-refractivity contribution in [1.29, 1.82) is 0 Å². The molecule has 0 aliphatic carbocycles. The van der Waals surface area contributed by atoms with Gasteiger partial charge in [0.2, 0.25) is 0 Å². The van der Waals surface area contributed by atoms with Gasteiger partial charge >= 0.3 is 11.9 Å². The lowest BCUT2D eigenvalue weighted by atomic mass is 10.1. The van der Waals surface area contributed by atoms with Crippen molar-refractivity contribution >= 4 is 11.9 Å². The monoisotopic (exact) mass is 294 g/mol. The van der Waals surface area contributed by atoms with E-state index in [0.29, 0.717) is 0 Å². The molecule has 4 atom stereocenters. The van der Waals surface area contributed by atoms with Crippen LogP contribution in [0, 0.1) is 0 Å². The predicted octanol–water partition coefficient (Wildman–Crippen LogP) is 0.0687. The molecule has 0 saturated carbocycles. The quantitative estimate of drug-likeness (QED) is 0.760. The van der Waals surface area contributed by atoms with Crippen LogP contribution in [-0.4, -0.2) is 59.8 Å². The molecule has 1 aromatic carbocycles. The van der Waals surface area contributed by atoms with Gasteiger partial charge in [-0.05, 0) is 18.2 Å². The number of hydrogen-bond acceptors (Lipinski definition) is 6. The Hall–Kier alpha value is -1.96. The van der Waals surface area contributed by atoms with Gasteiger partial charge in [0.15, 0.2) is 6.10 Å². The Kier molecular flexibility index (Phi) is 3.62. The van der Waals surface area contributed by atoms with Crippen molar-refractivity contribution in [1.82, 2.24) is 0 Å². The summed E-state index contributed by atoms with van der Waals surface area (Å²) in [5, 5.41) is 18.5. The van der Waals surface area contributed by atoms with Crippen LogP contribution in [0.5, 0.6) is 0 Å². The molecule has 3 rings (SSSR count). The van der Waals surface area contributed by atoms with Gasteiger partial charge in [-0.1, -0.05) is 6.07 Å². The molecule has 7 nitrogen and oxygen atoms in total. The molecule has 2 N–H and O–H groups in total. The van der Waals surface area contributed by atoms with Crippen LogP contribution < -0.4 is 0 Å².